The molecule has 4 rings (SSSR count). The molecule has 2 aliphatic rings. The number of aryl methyl sites for hydroxylation is 1. The number of rotatable bonds is 8. The van der Waals surface area contributed by atoms with E-state index in [0.29, 0.717) is 55.4 Å². The lowest BCUT2D eigenvalue weighted by Crippen LogP contribution is -2.47. The second-order valence-electron chi connectivity index (χ2n) is 8.54. The minimum Gasteiger partial charge on any atom is -0.489 e. The molecular weight excluding hydrogens is 456 g/mol. The molecule has 1 fully saturated rings. The van der Waals surface area contributed by atoms with Crippen LogP contribution in [0.25, 0.3) is 0 Å². The molecule has 0 aliphatic carbocycles. The fraction of sp³-hybridized carbons (Fsp3) is 0.478. The topological polar surface area (TPSA) is 102 Å². The number of piperazine rings is 1. The monoisotopic (exact) mass is 487 g/mol. The number of hydrogen-bond donors (Lipinski definition) is 0. The number of carbonyl (C=O) groups excluding carboxylic acids is 1. The minimum absolute atomic E-state index is 0.161. The van der Waals surface area contributed by atoms with Crippen molar-refractivity contribution < 1.29 is 17.9 Å². The molecule has 0 N–H and O–H groups in total. The zero-order valence-electron chi connectivity index (χ0n) is 19.8. The largest absolute Gasteiger partial charge is 0.489 e. The number of hydrogen-bond acceptors (Lipinski definition) is 7. The summed E-state index contributed by atoms with van der Waals surface area (Å²) in [5, 5.41) is 8.68. The van der Waals surface area contributed by atoms with Crippen LogP contribution in [0.4, 0.5) is 5.69 Å². The lowest BCUT2D eigenvalue weighted by Gasteiger charge is -2.36. The molecule has 1 radical (unpaired) electrons. The Balaban J connectivity index is 1.78. The Morgan fingerprint density at radius 3 is 2.62 bits per heavy atom. The van der Waals surface area contributed by atoms with Crippen molar-refractivity contribution in [3.05, 3.63) is 48.3 Å². The number of benzene rings is 1. The van der Waals surface area contributed by atoms with Gasteiger partial charge in [-0.2, -0.15) is 9.40 Å². The maximum atomic E-state index is 13.5. The highest BCUT2D eigenvalue weighted by Gasteiger charge is 2.38. The lowest BCUT2D eigenvalue weighted by molar-refractivity contribution is 0.0914. The summed E-state index contributed by atoms with van der Waals surface area (Å²) in [7, 11) is 0.0189. The fourth-order valence-corrected chi connectivity index (χ4v) is 5.74. The number of amides is 1. The molecule has 1 saturated heterocycles. The molecule has 2 aromatic rings. The van der Waals surface area contributed by atoms with Crippen LogP contribution in [0.15, 0.2) is 41.9 Å². The summed E-state index contributed by atoms with van der Waals surface area (Å²) in [6.07, 6.45) is 3.48. The molecule has 34 heavy (non-hydrogen) atoms. The predicted octanol–water partition coefficient (Wildman–Crippen LogP) is 1.59. The third-order valence-corrected chi connectivity index (χ3v) is 7.93. The first-order valence-electron chi connectivity index (χ1n) is 11.4. The Morgan fingerprint density at radius 2 is 1.94 bits per heavy atom. The Morgan fingerprint density at radius 1 is 1.21 bits per heavy atom. The molecule has 0 bridgehead atoms. The van der Waals surface area contributed by atoms with Gasteiger partial charge in [0.25, 0.3) is 5.91 Å². The molecular formula is C23H31N6O4S. The third-order valence-electron chi connectivity index (χ3n) is 6.04. The molecule has 0 saturated carbocycles. The number of ether oxygens (including phenoxy) is 1. The standard InChI is InChI=1S/C23H31N6O4S/c1-5-9-29-19-16-27(4)25-21(19)23(30)24-22(29)18-15-17(7-8-20(18)33-14-6-2)34(31,32)28-12-10-26(3)11-13-28/h6-8,15-16,22H,2,5,9-14H2,1,3-4H3. The smallest absolute Gasteiger partial charge is 0.297 e. The minimum atomic E-state index is -3.71. The Bertz CT molecular complexity index is 1170. The van der Waals surface area contributed by atoms with Crippen LogP contribution in [0.3, 0.4) is 0 Å². The van der Waals surface area contributed by atoms with Crippen LogP contribution in [-0.2, 0) is 17.1 Å². The van der Waals surface area contributed by atoms with Crippen molar-refractivity contribution in [1.29, 1.82) is 0 Å². The molecule has 11 heteroatoms. The average molecular weight is 488 g/mol. The number of carbonyl (C=O) groups is 1. The predicted molar refractivity (Wildman–Crippen MR) is 128 cm³/mol. The first kappa shape index (κ1) is 24.2. The summed E-state index contributed by atoms with van der Waals surface area (Å²) < 4.78 is 35.9. The Hall–Kier alpha value is -2.89. The first-order valence-corrected chi connectivity index (χ1v) is 12.8. The molecule has 1 amide bonds. The van der Waals surface area contributed by atoms with Crippen LogP contribution in [-0.4, -0.2) is 79.7 Å². The lowest BCUT2D eigenvalue weighted by atomic mass is 10.1. The molecule has 183 valence electrons. The highest BCUT2D eigenvalue weighted by molar-refractivity contribution is 7.89. The zero-order valence-corrected chi connectivity index (χ0v) is 20.7. The van der Waals surface area contributed by atoms with Gasteiger partial charge in [-0.25, -0.2) is 13.7 Å². The van der Waals surface area contributed by atoms with E-state index in [9.17, 15) is 13.2 Å². The van der Waals surface area contributed by atoms with E-state index in [0.717, 1.165) is 6.42 Å². The van der Waals surface area contributed by atoms with Crippen LogP contribution in [0.1, 0.15) is 35.6 Å². The van der Waals surface area contributed by atoms with E-state index in [-0.39, 0.29) is 11.5 Å². The van der Waals surface area contributed by atoms with E-state index in [2.05, 4.69) is 21.9 Å². The number of nitrogens with zero attached hydrogens (tertiary/aromatic N) is 6. The van der Waals surface area contributed by atoms with Gasteiger partial charge in [-0.3, -0.25) is 9.48 Å². The van der Waals surface area contributed by atoms with E-state index in [4.69, 9.17) is 4.74 Å². The normalized spacial score (nSPS) is 19.6. The number of fused-ring (bicyclic) bond motifs is 1. The summed E-state index contributed by atoms with van der Waals surface area (Å²) in [6.45, 7) is 8.78. The summed E-state index contributed by atoms with van der Waals surface area (Å²) in [5.41, 5.74) is 1.49. The van der Waals surface area contributed by atoms with Crippen LogP contribution >= 0.6 is 0 Å². The molecule has 10 nitrogen and oxygen atoms in total. The van der Waals surface area contributed by atoms with E-state index in [1.54, 1.807) is 42.2 Å². The van der Waals surface area contributed by atoms with Crippen molar-refractivity contribution in [3.63, 3.8) is 0 Å². The SMILES string of the molecule is C=CCOc1ccc(S(=O)(=O)N2CCN(C)CC2)cc1C1[N]C(=O)c2nn(C)cc2N1CCC. The Kier molecular flexibility index (Phi) is 6.96. The number of sulfonamides is 1. The maximum absolute atomic E-state index is 13.5. The van der Waals surface area contributed by atoms with E-state index < -0.39 is 22.1 Å². The molecule has 0 spiro atoms. The molecule has 1 atom stereocenters. The van der Waals surface area contributed by atoms with Crippen molar-refractivity contribution in [2.45, 2.75) is 24.4 Å². The van der Waals surface area contributed by atoms with Gasteiger partial charge in [0.2, 0.25) is 10.0 Å². The van der Waals surface area contributed by atoms with Crippen LogP contribution in [0, 0.1) is 0 Å². The van der Waals surface area contributed by atoms with E-state index >= 15 is 0 Å². The highest BCUT2D eigenvalue weighted by atomic mass is 32.2. The summed E-state index contributed by atoms with van der Waals surface area (Å²) >= 11 is 0. The fourth-order valence-electron chi connectivity index (χ4n) is 4.28. The third kappa shape index (κ3) is 4.55. The summed E-state index contributed by atoms with van der Waals surface area (Å²) in [6, 6.07) is 4.79. The van der Waals surface area contributed by atoms with Crippen molar-refractivity contribution in [2.24, 2.45) is 7.05 Å². The quantitative estimate of drug-likeness (QED) is 0.521. The van der Waals surface area contributed by atoms with Gasteiger partial charge in [0.05, 0.1) is 10.6 Å². The number of likely N-dealkylation sites (N-methyl/N-ethyl adjacent to an activating group) is 1. The van der Waals surface area contributed by atoms with Crippen LogP contribution < -0.4 is 15.0 Å². The second-order valence-corrected chi connectivity index (χ2v) is 10.5. The van der Waals surface area contributed by atoms with Crippen molar-refractivity contribution in [1.82, 2.24) is 24.3 Å². The molecule has 1 aromatic heterocycles. The van der Waals surface area contributed by atoms with Gasteiger partial charge in [0, 0.05) is 51.5 Å². The first-order chi connectivity index (χ1) is 16.3. The maximum Gasteiger partial charge on any atom is 0.297 e. The van der Waals surface area contributed by atoms with Gasteiger partial charge in [-0.15, -0.1) is 0 Å². The molecule has 2 aliphatic heterocycles. The van der Waals surface area contributed by atoms with E-state index in [1.807, 2.05) is 18.9 Å². The number of aromatic nitrogens is 2. The molecule has 3 heterocycles. The van der Waals surface area contributed by atoms with Crippen LogP contribution in [0.5, 0.6) is 5.75 Å². The van der Waals surface area contributed by atoms with Gasteiger partial charge >= 0.3 is 0 Å². The molecule has 1 aromatic carbocycles. The van der Waals surface area contributed by atoms with Gasteiger partial charge in [-0.1, -0.05) is 19.6 Å². The van der Waals surface area contributed by atoms with Crippen molar-refractivity contribution >= 4 is 21.6 Å². The Labute approximate surface area is 200 Å². The highest BCUT2D eigenvalue weighted by Crippen LogP contribution is 2.38. The van der Waals surface area contributed by atoms with Crippen LogP contribution in [0.2, 0.25) is 0 Å². The number of anilines is 1. The van der Waals surface area contributed by atoms with E-state index in [1.165, 1.54) is 4.31 Å². The van der Waals surface area contributed by atoms with Gasteiger partial charge in [0.15, 0.2) is 11.9 Å². The summed E-state index contributed by atoms with van der Waals surface area (Å²) in [5.74, 6) is 0.0298. The van der Waals surface area contributed by atoms with Gasteiger partial charge < -0.3 is 14.5 Å². The molecule has 1 unspecified atom stereocenters. The van der Waals surface area contributed by atoms with Crippen molar-refractivity contribution in [2.75, 3.05) is 51.3 Å². The van der Waals surface area contributed by atoms with Gasteiger partial charge in [-0.05, 0) is 31.7 Å². The summed E-state index contributed by atoms with van der Waals surface area (Å²) in [4.78, 5) is 17.1. The van der Waals surface area contributed by atoms with Gasteiger partial charge in [0.1, 0.15) is 12.4 Å². The zero-order chi connectivity index (χ0) is 24.5. The average Bonchev–Trinajstić information content (AvgIpc) is 3.22. The second kappa shape index (κ2) is 9.77. The van der Waals surface area contributed by atoms with Crippen molar-refractivity contribution in [3.8, 4) is 5.75 Å².